The second-order valence-electron chi connectivity index (χ2n) is 7.57. The van der Waals surface area contributed by atoms with Gasteiger partial charge in [0, 0.05) is 63.7 Å². The average Bonchev–Trinajstić information content (AvgIpc) is 2.74. The molecule has 2 heterocycles. The van der Waals surface area contributed by atoms with Crippen LogP contribution in [-0.4, -0.2) is 75.1 Å². The summed E-state index contributed by atoms with van der Waals surface area (Å²) < 4.78 is 13.9. The van der Waals surface area contributed by atoms with Crippen LogP contribution in [0.15, 0.2) is 48.5 Å². The number of hydrogen-bond donors (Lipinski definition) is 0. The summed E-state index contributed by atoms with van der Waals surface area (Å²) in [6.45, 7) is 7.04. The van der Waals surface area contributed by atoms with E-state index in [0.717, 1.165) is 39.3 Å². The van der Waals surface area contributed by atoms with Crippen LogP contribution in [0.1, 0.15) is 10.4 Å². The molecule has 0 aliphatic carbocycles. The molecule has 4 rings (SSSR count). The van der Waals surface area contributed by atoms with Gasteiger partial charge >= 0.3 is 0 Å². The lowest BCUT2D eigenvalue weighted by Gasteiger charge is -2.37. The van der Waals surface area contributed by atoms with Crippen molar-refractivity contribution in [3.8, 4) is 0 Å². The molecule has 2 aromatic rings. The minimum absolute atomic E-state index is 0.160. The van der Waals surface area contributed by atoms with Crippen LogP contribution in [-0.2, 0) is 0 Å². The second kappa shape index (κ2) is 8.19. The Hall–Kier alpha value is -2.60. The lowest BCUT2D eigenvalue weighted by Crippen LogP contribution is -2.49. The number of halogens is 1. The maximum atomic E-state index is 13.9. The van der Waals surface area contributed by atoms with E-state index in [9.17, 15) is 9.18 Å². The number of carbonyl (C=O) groups is 1. The number of benzene rings is 2. The third-order valence-corrected chi connectivity index (χ3v) is 5.75. The Morgan fingerprint density at radius 1 is 0.750 bits per heavy atom. The summed E-state index contributed by atoms with van der Waals surface area (Å²) in [6, 6.07) is 14.9. The van der Waals surface area contributed by atoms with Crippen molar-refractivity contribution < 1.29 is 9.18 Å². The van der Waals surface area contributed by atoms with Crippen LogP contribution in [0.2, 0.25) is 0 Å². The van der Waals surface area contributed by atoms with Crippen LogP contribution in [0.25, 0.3) is 0 Å². The van der Waals surface area contributed by atoms with Crippen LogP contribution in [0, 0.1) is 5.82 Å². The largest absolute Gasteiger partial charge is 0.369 e. The molecule has 0 atom stereocenters. The highest BCUT2D eigenvalue weighted by molar-refractivity contribution is 5.94. The Morgan fingerprint density at radius 3 is 1.79 bits per heavy atom. The van der Waals surface area contributed by atoms with Gasteiger partial charge < -0.3 is 19.6 Å². The van der Waals surface area contributed by atoms with Crippen molar-refractivity contribution >= 4 is 17.3 Å². The Bertz CT molecular complexity index is 810. The van der Waals surface area contributed by atoms with Gasteiger partial charge in [-0.1, -0.05) is 12.1 Å². The fourth-order valence-electron chi connectivity index (χ4n) is 3.91. The van der Waals surface area contributed by atoms with Gasteiger partial charge in [-0.25, -0.2) is 4.39 Å². The number of piperazine rings is 2. The minimum Gasteiger partial charge on any atom is -0.369 e. The van der Waals surface area contributed by atoms with Gasteiger partial charge in [-0.15, -0.1) is 0 Å². The number of hydrogen-bond acceptors (Lipinski definition) is 4. The van der Waals surface area contributed by atoms with E-state index in [1.165, 1.54) is 17.4 Å². The molecule has 2 aliphatic rings. The van der Waals surface area contributed by atoms with Gasteiger partial charge in [0.15, 0.2) is 0 Å². The minimum atomic E-state index is -0.450. The molecule has 0 aromatic heterocycles. The topological polar surface area (TPSA) is 30.0 Å². The first kappa shape index (κ1) is 18.7. The molecule has 0 bridgehead atoms. The first-order valence-electron chi connectivity index (χ1n) is 9.94. The molecule has 5 nitrogen and oxygen atoms in total. The Balaban J connectivity index is 1.35. The van der Waals surface area contributed by atoms with E-state index in [1.54, 1.807) is 23.1 Å². The van der Waals surface area contributed by atoms with Gasteiger partial charge in [-0.05, 0) is 43.4 Å². The van der Waals surface area contributed by atoms with Gasteiger partial charge in [0.1, 0.15) is 5.82 Å². The van der Waals surface area contributed by atoms with E-state index in [0.29, 0.717) is 13.1 Å². The maximum Gasteiger partial charge on any atom is 0.256 e. The first-order valence-corrected chi connectivity index (χ1v) is 9.94. The zero-order chi connectivity index (χ0) is 19.5. The molecule has 1 amide bonds. The number of amides is 1. The molecule has 0 unspecified atom stereocenters. The lowest BCUT2D eigenvalue weighted by molar-refractivity contribution is 0.0742. The van der Waals surface area contributed by atoms with Crippen LogP contribution in [0.3, 0.4) is 0 Å². The van der Waals surface area contributed by atoms with Gasteiger partial charge in [0.2, 0.25) is 0 Å². The highest BCUT2D eigenvalue weighted by Gasteiger charge is 2.24. The highest BCUT2D eigenvalue weighted by Crippen LogP contribution is 2.23. The standard InChI is InChI=1S/C22H27FN4O/c1-24-10-12-25(13-11-24)18-6-8-19(9-7-18)26-14-16-27(17-15-26)22(28)20-4-2-3-5-21(20)23/h2-9H,10-17H2,1H3. The van der Waals surface area contributed by atoms with E-state index < -0.39 is 5.82 Å². The summed E-state index contributed by atoms with van der Waals surface area (Å²) in [6.07, 6.45) is 0. The smallest absolute Gasteiger partial charge is 0.256 e. The van der Waals surface area contributed by atoms with Crippen LogP contribution >= 0.6 is 0 Å². The van der Waals surface area contributed by atoms with Gasteiger partial charge in [0.05, 0.1) is 5.56 Å². The quantitative estimate of drug-likeness (QED) is 0.816. The van der Waals surface area contributed by atoms with E-state index in [1.807, 2.05) is 0 Å². The average molecular weight is 382 g/mol. The molecule has 0 N–H and O–H groups in total. The Morgan fingerprint density at radius 2 is 1.25 bits per heavy atom. The summed E-state index contributed by atoms with van der Waals surface area (Å²) >= 11 is 0. The zero-order valence-electron chi connectivity index (χ0n) is 16.4. The number of anilines is 2. The second-order valence-corrected chi connectivity index (χ2v) is 7.57. The molecular formula is C22H27FN4O. The molecule has 0 spiro atoms. The maximum absolute atomic E-state index is 13.9. The third kappa shape index (κ3) is 3.97. The van der Waals surface area contributed by atoms with E-state index in [4.69, 9.17) is 0 Å². The molecule has 0 saturated carbocycles. The van der Waals surface area contributed by atoms with Crippen molar-refractivity contribution in [2.75, 3.05) is 69.2 Å². The molecule has 28 heavy (non-hydrogen) atoms. The van der Waals surface area contributed by atoms with E-state index in [2.05, 4.69) is 46.0 Å². The Kier molecular flexibility index (Phi) is 5.48. The van der Waals surface area contributed by atoms with Gasteiger partial charge in [-0.2, -0.15) is 0 Å². The summed E-state index contributed by atoms with van der Waals surface area (Å²) in [5.74, 6) is -0.669. The van der Waals surface area contributed by atoms with Crippen molar-refractivity contribution in [1.29, 1.82) is 0 Å². The molecule has 2 aromatic carbocycles. The summed E-state index contributed by atoms with van der Waals surface area (Å²) in [7, 11) is 2.16. The van der Waals surface area contributed by atoms with Gasteiger partial charge in [0.25, 0.3) is 5.91 Å². The lowest BCUT2D eigenvalue weighted by atomic mass is 10.1. The van der Waals surface area contributed by atoms with Crippen molar-refractivity contribution in [2.45, 2.75) is 0 Å². The van der Waals surface area contributed by atoms with Crippen molar-refractivity contribution in [3.63, 3.8) is 0 Å². The number of rotatable bonds is 3. The normalized spacial score (nSPS) is 18.4. The molecule has 2 fully saturated rings. The Labute approximate surface area is 165 Å². The molecule has 148 valence electrons. The number of nitrogens with zero attached hydrogens (tertiary/aromatic N) is 4. The van der Waals surface area contributed by atoms with Crippen molar-refractivity contribution in [3.05, 3.63) is 59.9 Å². The van der Waals surface area contributed by atoms with Crippen LogP contribution in [0.4, 0.5) is 15.8 Å². The zero-order valence-corrected chi connectivity index (χ0v) is 16.4. The van der Waals surface area contributed by atoms with Crippen LogP contribution in [0.5, 0.6) is 0 Å². The number of likely N-dealkylation sites (N-methyl/N-ethyl adjacent to an activating group) is 1. The fraction of sp³-hybridized carbons (Fsp3) is 0.409. The summed E-state index contributed by atoms with van der Waals surface area (Å²) in [4.78, 5) is 21.4. The van der Waals surface area contributed by atoms with Gasteiger partial charge in [-0.3, -0.25) is 4.79 Å². The first-order chi connectivity index (χ1) is 13.6. The predicted molar refractivity (Wildman–Crippen MR) is 111 cm³/mol. The van der Waals surface area contributed by atoms with E-state index >= 15 is 0 Å². The molecular weight excluding hydrogens is 355 g/mol. The summed E-state index contributed by atoms with van der Waals surface area (Å²) in [5, 5.41) is 0. The molecule has 6 heteroatoms. The summed E-state index contributed by atoms with van der Waals surface area (Å²) in [5.41, 5.74) is 2.61. The highest BCUT2D eigenvalue weighted by atomic mass is 19.1. The molecule has 2 aliphatic heterocycles. The monoisotopic (exact) mass is 382 g/mol. The van der Waals surface area contributed by atoms with Crippen LogP contribution < -0.4 is 9.80 Å². The molecule has 0 radical (unpaired) electrons. The van der Waals surface area contributed by atoms with Crippen molar-refractivity contribution in [1.82, 2.24) is 9.80 Å². The predicted octanol–water partition coefficient (Wildman–Crippen LogP) is 2.54. The fourth-order valence-corrected chi connectivity index (χ4v) is 3.91. The number of carbonyl (C=O) groups excluding carboxylic acids is 1. The SMILES string of the molecule is CN1CCN(c2ccc(N3CCN(C(=O)c4ccccc4F)CC3)cc2)CC1. The van der Waals surface area contributed by atoms with E-state index in [-0.39, 0.29) is 11.5 Å². The molecule has 2 saturated heterocycles. The van der Waals surface area contributed by atoms with Crippen molar-refractivity contribution in [2.24, 2.45) is 0 Å². The third-order valence-electron chi connectivity index (χ3n) is 5.75.